The highest BCUT2D eigenvalue weighted by Crippen LogP contribution is 2.33. The molecular weight excluding hydrogens is 354 g/mol. The number of carboxylic acid groups (broad SMARTS) is 1. The Balaban J connectivity index is 1.53. The van der Waals surface area contributed by atoms with Gasteiger partial charge in [-0.15, -0.1) is 0 Å². The summed E-state index contributed by atoms with van der Waals surface area (Å²) in [7, 11) is 0. The molecule has 142 valence electrons. The zero-order valence-electron chi connectivity index (χ0n) is 15.3. The van der Waals surface area contributed by atoms with Gasteiger partial charge in [0.2, 0.25) is 5.91 Å². The Morgan fingerprint density at radius 1 is 1.07 bits per heavy atom. The summed E-state index contributed by atoms with van der Waals surface area (Å²) in [6.45, 7) is 0.933. The van der Waals surface area contributed by atoms with E-state index in [0.717, 1.165) is 21.9 Å². The van der Waals surface area contributed by atoms with Crippen molar-refractivity contribution in [3.8, 4) is 0 Å². The second-order valence-electron chi connectivity index (χ2n) is 7.04. The highest BCUT2D eigenvalue weighted by molar-refractivity contribution is 5.86. The minimum Gasteiger partial charge on any atom is -0.465 e. The van der Waals surface area contributed by atoms with E-state index in [0.29, 0.717) is 13.1 Å². The lowest BCUT2D eigenvalue weighted by Gasteiger charge is -2.18. The second kappa shape index (κ2) is 7.68. The van der Waals surface area contributed by atoms with Crippen LogP contribution in [0.25, 0.3) is 10.8 Å². The summed E-state index contributed by atoms with van der Waals surface area (Å²) >= 11 is 0. The summed E-state index contributed by atoms with van der Waals surface area (Å²) in [4.78, 5) is 29.9. The Labute approximate surface area is 162 Å². The van der Waals surface area contributed by atoms with Gasteiger partial charge >= 0.3 is 6.09 Å². The number of carbonyl (C=O) groups is 2. The number of benzene rings is 2. The van der Waals surface area contributed by atoms with Crippen molar-refractivity contribution in [1.29, 1.82) is 0 Å². The Kier molecular flexibility index (Phi) is 4.93. The molecule has 6 heteroatoms. The van der Waals surface area contributed by atoms with E-state index in [1.807, 2.05) is 54.6 Å². The first-order valence-electron chi connectivity index (χ1n) is 9.25. The van der Waals surface area contributed by atoms with E-state index in [1.165, 1.54) is 4.90 Å². The van der Waals surface area contributed by atoms with Crippen LogP contribution in [-0.2, 0) is 11.3 Å². The number of amides is 2. The normalized spacial score (nSPS) is 18.9. The average molecular weight is 375 g/mol. The van der Waals surface area contributed by atoms with Crippen LogP contribution in [0.4, 0.5) is 4.79 Å². The first kappa shape index (κ1) is 18.0. The molecule has 0 radical (unpaired) electrons. The maximum absolute atomic E-state index is 13.0. The number of pyridine rings is 1. The van der Waals surface area contributed by atoms with Crippen LogP contribution in [0.3, 0.4) is 0 Å². The SMILES string of the molecule is O=C(NCc1cccc2cnccc12)[C@H]1CN(C(=O)O)C[C@@H]1c1ccccc1. The lowest BCUT2D eigenvalue weighted by molar-refractivity contribution is -0.125. The van der Waals surface area contributed by atoms with Crippen molar-refractivity contribution < 1.29 is 14.7 Å². The van der Waals surface area contributed by atoms with Crippen LogP contribution >= 0.6 is 0 Å². The second-order valence-corrected chi connectivity index (χ2v) is 7.04. The quantitative estimate of drug-likeness (QED) is 0.733. The van der Waals surface area contributed by atoms with Gasteiger partial charge in [-0.05, 0) is 22.6 Å². The Morgan fingerprint density at radius 2 is 1.89 bits per heavy atom. The zero-order chi connectivity index (χ0) is 19.5. The molecule has 1 aliphatic rings. The number of nitrogens with zero attached hydrogens (tertiary/aromatic N) is 2. The third-order valence-electron chi connectivity index (χ3n) is 5.38. The van der Waals surface area contributed by atoms with Gasteiger partial charge in [-0.1, -0.05) is 48.5 Å². The third kappa shape index (κ3) is 3.53. The molecule has 2 atom stereocenters. The molecule has 0 unspecified atom stereocenters. The molecule has 28 heavy (non-hydrogen) atoms. The highest BCUT2D eigenvalue weighted by Gasteiger charge is 2.40. The first-order chi connectivity index (χ1) is 13.6. The molecule has 0 aliphatic carbocycles. The van der Waals surface area contributed by atoms with Gasteiger partial charge in [0.1, 0.15) is 0 Å². The smallest absolute Gasteiger partial charge is 0.407 e. The predicted octanol–water partition coefficient (Wildman–Crippen LogP) is 3.24. The van der Waals surface area contributed by atoms with Crippen molar-refractivity contribution in [2.75, 3.05) is 13.1 Å². The summed E-state index contributed by atoms with van der Waals surface area (Å²) < 4.78 is 0. The van der Waals surface area contributed by atoms with E-state index in [9.17, 15) is 14.7 Å². The molecule has 1 aliphatic heterocycles. The fraction of sp³-hybridized carbons (Fsp3) is 0.227. The van der Waals surface area contributed by atoms with Crippen LogP contribution in [-0.4, -0.2) is 40.1 Å². The Morgan fingerprint density at radius 3 is 2.68 bits per heavy atom. The number of carbonyl (C=O) groups excluding carboxylic acids is 1. The van der Waals surface area contributed by atoms with Crippen molar-refractivity contribution in [3.63, 3.8) is 0 Å². The van der Waals surface area contributed by atoms with Crippen LogP contribution < -0.4 is 5.32 Å². The van der Waals surface area contributed by atoms with Crippen LogP contribution in [0, 0.1) is 5.92 Å². The van der Waals surface area contributed by atoms with Gasteiger partial charge in [0.15, 0.2) is 0 Å². The number of fused-ring (bicyclic) bond motifs is 1. The Bertz CT molecular complexity index is 1000. The number of hydrogen-bond donors (Lipinski definition) is 2. The van der Waals surface area contributed by atoms with E-state index in [2.05, 4.69) is 10.3 Å². The molecule has 0 saturated carbocycles. The topological polar surface area (TPSA) is 82.5 Å². The summed E-state index contributed by atoms with van der Waals surface area (Å²) in [5.74, 6) is -0.673. The molecule has 1 aromatic heterocycles. The summed E-state index contributed by atoms with van der Waals surface area (Å²) in [5, 5.41) is 14.5. The predicted molar refractivity (Wildman–Crippen MR) is 106 cm³/mol. The lowest BCUT2D eigenvalue weighted by atomic mass is 9.88. The van der Waals surface area contributed by atoms with Crippen molar-refractivity contribution in [2.45, 2.75) is 12.5 Å². The van der Waals surface area contributed by atoms with Crippen LogP contribution in [0.5, 0.6) is 0 Å². The molecule has 0 bridgehead atoms. The maximum Gasteiger partial charge on any atom is 0.407 e. The number of rotatable bonds is 4. The zero-order valence-corrected chi connectivity index (χ0v) is 15.3. The third-order valence-corrected chi connectivity index (χ3v) is 5.38. The molecule has 2 N–H and O–H groups in total. The van der Waals surface area contributed by atoms with Gasteiger partial charge in [0, 0.05) is 43.3 Å². The van der Waals surface area contributed by atoms with Crippen molar-refractivity contribution in [3.05, 3.63) is 78.1 Å². The van der Waals surface area contributed by atoms with Gasteiger partial charge < -0.3 is 15.3 Å². The van der Waals surface area contributed by atoms with Gasteiger partial charge in [0.05, 0.1) is 5.92 Å². The van der Waals surface area contributed by atoms with Crippen molar-refractivity contribution in [2.24, 2.45) is 5.92 Å². The molecule has 2 amide bonds. The number of likely N-dealkylation sites (tertiary alicyclic amines) is 1. The van der Waals surface area contributed by atoms with Gasteiger partial charge in [-0.3, -0.25) is 9.78 Å². The fourth-order valence-electron chi connectivity index (χ4n) is 3.92. The number of nitrogens with one attached hydrogen (secondary N) is 1. The first-order valence-corrected chi connectivity index (χ1v) is 9.25. The molecule has 1 saturated heterocycles. The van der Waals surface area contributed by atoms with Crippen LogP contribution in [0.1, 0.15) is 17.0 Å². The summed E-state index contributed by atoms with van der Waals surface area (Å²) in [5.41, 5.74) is 2.00. The molecule has 3 aromatic rings. The maximum atomic E-state index is 13.0. The van der Waals surface area contributed by atoms with E-state index in [-0.39, 0.29) is 18.4 Å². The molecule has 2 aromatic carbocycles. The highest BCUT2D eigenvalue weighted by atomic mass is 16.4. The molecule has 1 fully saturated rings. The fourth-order valence-corrected chi connectivity index (χ4v) is 3.92. The minimum atomic E-state index is -0.988. The minimum absolute atomic E-state index is 0.122. The molecule has 6 nitrogen and oxygen atoms in total. The molecule has 0 spiro atoms. The summed E-state index contributed by atoms with van der Waals surface area (Å²) in [6.07, 6.45) is 2.55. The van der Waals surface area contributed by atoms with Crippen LogP contribution in [0.15, 0.2) is 67.0 Å². The Hall–Kier alpha value is -3.41. The van der Waals surface area contributed by atoms with E-state index >= 15 is 0 Å². The van der Waals surface area contributed by atoms with Crippen LogP contribution in [0.2, 0.25) is 0 Å². The largest absolute Gasteiger partial charge is 0.465 e. The number of hydrogen-bond acceptors (Lipinski definition) is 3. The van der Waals surface area contributed by atoms with E-state index < -0.39 is 12.0 Å². The summed E-state index contributed by atoms with van der Waals surface area (Å²) in [6, 6.07) is 17.5. The van der Waals surface area contributed by atoms with E-state index in [4.69, 9.17) is 0 Å². The average Bonchev–Trinajstić information content (AvgIpc) is 3.18. The van der Waals surface area contributed by atoms with Gasteiger partial charge in [0.25, 0.3) is 0 Å². The number of aromatic nitrogens is 1. The van der Waals surface area contributed by atoms with Crippen molar-refractivity contribution in [1.82, 2.24) is 15.2 Å². The van der Waals surface area contributed by atoms with Crippen molar-refractivity contribution >= 4 is 22.8 Å². The lowest BCUT2D eigenvalue weighted by Crippen LogP contribution is -2.35. The monoisotopic (exact) mass is 375 g/mol. The molecule has 2 heterocycles. The molecular formula is C22H21N3O3. The van der Waals surface area contributed by atoms with Gasteiger partial charge in [-0.25, -0.2) is 4.79 Å². The molecule has 4 rings (SSSR count). The standard InChI is InChI=1S/C22H21N3O3/c26-21(24-12-17-8-4-7-16-11-23-10-9-18(16)17)20-14-25(22(27)28)13-19(20)15-5-2-1-3-6-15/h1-11,19-20H,12-14H2,(H,24,26)(H,27,28)/t19-,20+/m1/s1. The van der Waals surface area contributed by atoms with E-state index in [1.54, 1.807) is 12.4 Å². The van der Waals surface area contributed by atoms with Gasteiger partial charge in [-0.2, -0.15) is 0 Å².